The molecule has 0 amide bonds. The van der Waals surface area contributed by atoms with Gasteiger partial charge < -0.3 is 9.47 Å². The van der Waals surface area contributed by atoms with Gasteiger partial charge >= 0.3 is 0 Å². The Morgan fingerprint density at radius 3 is 2.82 bits per heavy atom. The third kappa shape index (κ3) is 3.21. The van der Waals surface area contributed by atoms with Gasteiger partial charge in [-0.15, -0.1) is 0 Å². The van der Waals surface area contributed by atoms with Crippen molar-refractivity contribution in [2.75, 3.05) is 32.8 Å². The van der Waals surface area contributed by atoms with E-state index in [0.717, 1.165) is 25.9 Å². The third-order valence-corrected chi connectivity index (χ3v) is 5.66. The van der Waals surface area contributed by atoms with Crippen LogP contribution in [0.5, 0.6) is 11.5 Å². The molecule has 0 saturated carbocycles. The molecule has 0 spiro atoms. The predicted octanol–water partition coefficient (Wildman–Crippen LogP) is 1.22. The van der Waals surface area contributed by atoms with Crippen molar-refractivity contribution in [3.05, 3.63) is 18.2 Å². The van der Waals surface area contributed by atoms with E-state index in [4.69, 9.17) is 9.47 Å². The van der Waals surface area contributed by atoms with Crippen molar-refractivity contribution in [1.82, 2.24) is 9.62 Å². The molecule has 1 fully saturated rings. The molecular weight excluding hydrogens is 304 g/mol. The maximum absolute atomic E-state index is 12.4. The molecule has 1 N–H and O–H groups in total. The highest BCUT2D eigenvalue weighted by molar-refractivity contribution is 7.89. The highest BCUT2D eigenvalue weighted by atomic mass is 32.2. The van der Waals surface area contributed by atoms with Crippen molar-refractivity contribution >= 4 is 10.0 Å². The number of rotatable bonds is 5. The van der Waals surface area contributed by atoms with Gasteiger partial charge in [-0.1, -0.05) is 6.92 Å². The number of likely N-dealkylation sites (N-methyl/N-ethyl adjacent to an activating group) is 1. The molecule has 2 aliphatic rings. The van der Waals surface area contributed by atoms with E-state index < -0.39 is 10.0 Å². The summed E-state index contributed by atoms with van der Waals surface area (Å²) in [4.78, 5) is 2.53. The Labute approximate surface area is 131 Å². The van der Waals surface area contributed by atoms with Crippen molar-refractivity contribution in [3.8, 4) is 11.5 Å². The summed E-state index contributed by atoms with van der Waals surface area (Å²) >= 11 is 0. The van der Waals surface area contributed by atoms with Crippen LogP contribution >= 0.6 is 0 Å². The second-order valence-corrected chi connectivity index (χ2v) is 7.35. The van der Waals surface area contributed by atoms with Crippen LogP contribution < -0.4 is 14.2 Å². The first-order valence-electron chi connectivity index (χ1n) is 7.73. The summed E-state index contributed by atoms with van der Waals surface area (Å²) in [5.74, 6) is 1.09. The summed E-state index contributed by atoms with van der Waals surface area (Å²) in [6, 6.07) is 5.03. The summed E-state index contributed by atoms with van der Waals surface area (Å²) in [5.41, 5.74) is 0. The van der Waals surface area contributed by atoms with E-state index in [0.29, 0.717) is 31.3 Å². The number of benzene rings is 1. The molecule has 1 aromatic rings. The van der Waals surface area contributed by atoms with E-state index in [-0.39, 0.29) is 10.9 Å². The molecule has 0 aromatic heterocycles. The first kappa shape index (κ1) is 15.6. The summed E-state index contributed by atoms with van der Waals surface area (Å²) in [6.45, 7) is 5.49. The Balaban J connectivity index is 1.70. The number of sulfonamides is 1. The normalized spacial score (nSPS) is 22.0. The number of hydrogen-bond acceptors (Lipinski definition) is 5. The van der Waals surface area contributed by atoms with Gasteiger partial charge in [0.15, 0.2) is 11.5 Å². The molecule has 7 heteroatoms. The Bertz CT molecular complexity index is 632. The number of nitrogens with zero attached hydrogens (tertiary/aromatic N) is 1. The second-order valence-electron chi connectivity index (χ2n) is 5.58. The monoisotopic (exact) mass is 326 g/mol. The lowest BCUT2D eigenvalue weighted by Crippen LogP contribution is -2.40. The lowest BCUT2D eigenvalue weighted by Gasteiger charge is -2.23. The summed E-state index contributed by atoms with van der Waals surface area (Å²) in [6.07, 6.45) is 2.17. The van der Waals surface area contributed by atoms with Gasteiger partial charge in [0.1, 0.15) is 13.2 Å². The molecule has 0 radical (unpaired) electrons. The van der Waals surface area contributed by atoms with Crippen molar-refractivity contribution < 1.29 is 17.9 Å². The van der Waals surface area contributed by atoms with Crippen LogP contribution in [-0.4, -0.2) is 52.2 Å². The molecule has 0 bridgehead atoms. The fourth-order valence-corrected chi connectivity index (χ4v) is 4.11. The van der Waals surface area contributed by atoms with E-state index >= 15 is 0 Å². The molecular formula is C15H22N2O4S. The average Bonchev–Trinajstić information content (AvgIpc) is 3.00. The maximum atomic E-state index is 12.4. The van der Waals surface area contributed by atoms with E-state index in [1.165, 1.54) is 6.07 Å². The van der Waals surface area contributed by atoms with Gasteiger partial charge in [0.2, 0.25) is 10.0 Å². The summed E-state index contributed by atoms with van der Waals surface area (Å²) in [7, 11) is -3.53. The minimum absolute atomic E-state index is 0.220. The Kier molecular flexibility index (Phi) is 4.56. The highest BCUT2D eigenvalue weighted by Crippen LogP contribution is 2.32. The fraction of sp³-hybridized carbons (Fsp3) is 0.600. The number of likely N-dealkylation sites (tertiary alicyclic amines) is 1. The highest BCUT2D eigenvalue weighted by Gasteiger charge is 2.25. The van der Waals surface area contributed by atoms with Gasteiger partial charge in [0.25, 0.3) is 0 Å². The number of nitrogens with one attached hydrogen (secondary N) is 1. The summed E-state index contributed by atoms with van der Waals surface area (Å²) < 4.78 is 38.5. The second kappa shape index (κ2) is 6.44. The van der Waals surface area contributed by atoms with Crippen molar-refractivity contribution in [3.63, 3.8) is 0 Å². The molecule has 1 atom stereocenters. The molecule has 3 rings (SSSR count). The van der Waals surface area contributed by atoms with Gasteiger partial charge in [-0.25, -0.2) is 13.1 Å². The molecule has 22 heavy (non-hydrogen) atoms. The predicted molar refractivity (Wildman–Crippen MR) is 82.9 cm³/mol. The van der Waals surface area contributed by atoms with Gasteiger partial charge in [-0.3, -0.25) is 4.90 Å². The largest absolute Gasteiger partial charge is 0.486 e. The minimum Gasteiger partial charge on any atom is -0.486 e. The standard InChI is InChI=1S/C15H22N2O4S/c1-2-17-7-3-4-12(17)11-16-22(18,19)13-5-6-14-15(10-13)21-9-8-20-14/h5-6,10,12,16H,2-4,7-9,11H2,1H3. The van der Waals surface area contributed by atoms with E-state index in [1.54, 1.807) is 12.1 Å². The molecule has 1 saturated heterocycles. The first-order valence-corrected chi connectivity index (χ1v) is 9.22. The van der Waals surface area contributed by atoms with Gasteiger partial charge in [-0.05, 0) is 38.1 Å². The van der Waals surface area contributed by atoms with Gasteiger partial charge in [-0.2, -0.15) is 0 Å². The zero-order valence-corrected chi connectivity index (χ0v) is 13.6. The zero-order chi connectivity index (χ0) is 15.6. The van der Waals surface area contributed by atoms with E-state index in [1.807, 2.05) is 0 Å². The molecule has 1 aromatic carbocycles. The number of fused-ring (bicyclic) bond motifs is 1. The first-order chi connectivity index (χ1) is 10.6. The minimum atomic E-state index is -3.53. The van der Waals surface area contributed by atoms with Crippen LogP contribution in [0, 0.1) is 0 Å². The molecule has 122 valence electrons. The Hall–Kier alpha value is -1.31. The van der Waals surface area contributed by atoms with E-state index in [9.17, 15) is 8.42 Å². The smallest absolute Gasteiger partial charge is 0.240 e. The molecule has 6 nitrogen and oxygen atoms in total. The van der Waals surface area contributed by atoms with Crippen molar-refractivity contribution in [2.45, 2.75) is 30.7 Å². The fourth-order valence-electron chi connectivity index (χ4n) is 3.02. The van der Waals surface area contributed by atoms with Crippen molar-refractivity contribution in [2.24, 2.45) is 0 Å². The van der Waals surface area contributed by atoms with Crippen LogP contribution in [0.1, 0.15) is 19.8 Å². The number of hydrogen-bond donors (Lipinski definition) is 1. The van der Waals surface area contributed by atoms with Crippen LogP contribution in [0.2, 0.25) is 0 Å². The third-order valence-electron chi connectivity index (χ3n) is 4.24. The zero-order valence-electron chi connectivity index (χ0n) is 12.7. The van der Waals surface area contributed by atoms with Crippen LogP contribution in [-0.2, 0) is 10.0 Å². The lowest BCUT2D eigenvalue weighted by atomic mass is 10.2. The maximum Gasteiger partial charge on any atom is 0.240 e. The van der Waals surface area contributed by atoms with Gasteiger partial charge in [0, 0.05) is 18.7 Å². The van der Waals surface area contributed by atoms with Crippen LogP contribution in [0.25, 0.3) is 0 Å². The van der Waals surface area contributed by atoms with Crippen LogP contribution in [0.4, 0.5) is 0 Å². The molecule has 2 heterocycles. The average molecular weight is 326 g/mol. The summed E-state index contributed by atoms with van der Waals surface area (Å²) in [5, 5.41) is 0. The number of ether oxygens (including phenoxy) is 2. The van der Waals surface area contributed by atoms with Crippen LogP contribution in [0.15, 0.2) is 23.1 Å². The Morgan fingerprint density at radius 1 is 1.27 bits per heavy atom. The van der Waals surface area contributed by atoms with Crippen molar-refractivity contribution in [1.29, 1.82) is 0 Å². The van der Waals surface area contributed by atoms with Gasteiger partial charge in [0.05, 0.1) is 4.90 Å². The molecule has 0 aliphatic carbocycles. The SMILES string of the molecule is CCN1CCCC1CNS(=O)(=O)c1ccc2c(c1)OCCO2. The quantitative estimate of drug-likeness (QED) is 0.881. The topological polar surface area (TPSA) is 67.9 Å². The molecule has 1 unspecified atom stereocenters. The lowest BCUT2D eigenvalue weighted by molar-refractivity contribution is 0.171. The van der Waals surface area contributed by atoms with E-state index in [2.05, 4.69) is 16.5 Å². The Morgan fingerprint density at radius 2 is 2.05 bits per heavy atom. The molecule has 2 aliphatic heterocycles. The van der Waals surface area contributed by atoms with Crippen LogP contribution in [0.3, 0.4) is 0 Å².